The molecule has 0 aliphatic carbocycles. The maximum atomic E-state index is 13.3. The van der Waals surface area contributed by atoms with Crippen LogP contribution in [0.4, 0.5) is 14.9 Å². The largest absolute Gasteiger partial charge is 0.380 e. The molecule has 6 heteroatoms. The normalized spacial score (nSPS) is 19.7. The highest BCUT2D eigenvalue weighted by atomic mass is 19.1. The van der Waals surface area contributed by atoms with Crippen molar-refractivity contribution in [3.63, 3.8) is 0 Å². The van der Waals surface area contributed by atoms with E-state index in [1.54, 1.807) is 12.0 Å². The first-order valence-electron chi connectivity index (χ1n) is 5.89. The maximum Gasteiger partial charge on any atom is 0.322 e. The van der Waals surface area contributed by atoms with Gasteiger partial charge < -0.3 is 15.0 Å². The summed E-state index contributed by atoms with van der Waals surface area (Å²) in [5.74, 6) is -0.536. The number of halogens is 1. The topological polar surface area (TPSA) is 54.5 Å². The minimum absolute atomic E-state index is 0.0618. The van der Waals surface area contributed by atoms with Crippen molar-refractivity contribution in [3.8, 4) is 0 Å². The summed E-state index contributed by atoms with van der Waals surface area (Å²) in [5, 5.41) is 2.54. The van der Waals surface area contributed by atoms with Gasteiger partial charge in [-0.25, -0.2) is 9.18 Å². The molecule has 1 aliphatic heterocycles. The standard InChI is InChI=1S/C12H16FN3O2/c1-18-9-3-2-6-16(8-9)12(17)15-11-4-5-14-7-10(11)13/h4-5,7,9H,2-3,6,8H2,1H3,(H,14,15,17)/t9-/m0/s1. The van der Waals surface area contributed by atoms with Crippen molar-refractivity contribution in [1.82, 2.24) is 9.88 Å². The Labute approximate surface area is 105 Å². The zero-order chi connectivity index (χ0) is 13.0. The van der Waals surface area contributed by atoms with Crippen LogP contribution in [0.3, 0.4) is 0 Å². The van der Waals surface area contributed by atoms with Gasteiger partial charge in [-0.05, 0) is 18.9 Å². The Hall–Kier alpha value is -1.69. The van der Waals surface area contributed by atoms with Gasteiger partial charge >= 0.3 is 6.03 Å². The zero-order valence-corrected chi connectivity index (χ0v) is 10.2. The van der Waals surface area contributed by atoms with Crippen LogP contribution in [0.1, 0.15) is 12.8 Å². The molecule has 1 aromatic heterocycles. The molecule has 0 bridgehead atoms. The van der Waals surface area contributed by atoms with Crippen LogP contribution in [0.5, 0.6) is 0 Å². The van der Waals surface area contributed by atoms with Gasteiger partial charge in [-0.15, -0.1) is 0 Å². The average molecular weight is 253 g/mol. The molecular weight excluding hydrogens is 237 g/mol. The number of hydrogen-bond donors (Lipinski definition) is 1. The first-order valence-corrected chi connectivity index (χ1v) is 5.89. The van der Waals surface area contributed by atoms with E-state index in [9.17, 15) is 9.18 Å². The van der Waals surface area contributed by atoms with Crippen molar-refractivity contribution in [2.75, 3.05) is 25.5 Å². The van der Waals surface area contributed by atoms with Crippen LogP contribution in [-0.2, 0) is 4.74 Å². The number of carbonyl (C=O) groups is 1. The molecule has 0 spiro atoms. The number of nitrogens with one attached hydrogen (secondary N) is 1. The van der Waals surface area contributed by atoms with Gasteiger partial charge in [0.05, 0.1) is 18.0 Å². The van der Waals surface area contributed by atoms with E-state index in [-0.39, 0.29) is 17.8 Å². The van der Waals surface area contributed by atoms with Gasteiger partial charge in [0.25, 0.3) is 0 Å². The molecule has 98 valence electrons. The van der Waals surface area contributed by atoms with Crippen LogP contribution in [0.2, 0.25) is 0 Å². The predicted octanol–water partition coefficient (Wildman–Crippen LogP) is 1.86. The fourth-order valence-electron chi connectivity index (χ4n) is 1.99. The van der Waals surface area contributed by atoms with Gasteiger partial charge in [-0.3, -0.25) is 4.98 Å². The van der Waals surface area contributed by atoms with Gasteiger partial charge in [-0.2, -0.15) is 0 Å². The van der Waals surface area contributed by atoms with Crippen LogP contribution < -0.4 is 5.32 Å². The molecule has 2 amide bonds. The van der Waals surface area contributed by atoms with Crippen molar-refractivity contribution in [1.29, 1.82) is 0 Å². The Morgan fingerprint density at radius 2 is 2.50 bits per heavy atom. The fourth-order valence-corrected chi connectivity index (χ4v) is 1.99. The average Bonchev–Trinajstić information content (AvgIpc) is 2.41. The van der Waals surface area contributed by atoms with Crippen LogP contribution in [-0.4, -0.2) is 42.2 Å². The Morgan fingerprint density at radius 1 is 1.67 bits per heavy atom. The number of aromatic nitrogens is 1. The molecule has 1 fully saturated rings. The highest BCUT2D eigenvalue weighted by Gasteiger charge is 2.23. The van der Waals surface area contributed by atoms with Crippen molar-refractivity contribution in [2.24, 2.45) is 0 Å². The number of urea groups is 1. The lowest BCUT2D eigenvalue weighted by Gasteiger charge is -2.31. The lowest BCUT2D eigenvalue weighted by Crippen LogP contribution is -2.45. The number of pyridine rings is 1. The van der Waals surface area contributed by atoms with Gasteiger partial charge in [0, 0.05) is 26.4 Å². The number of methoxy groups -OCH3 is 1. The highest BCUT2D eigenvalue weighted by Crippen LogP contribution is 2.16. The molecule has 1 saturated heterocycles. The SMILES string of the molecule is CO[C@H]1CCCN(C(=O)Nc2ccncc2F)C1. The quantitative estimate of drug-likeness (QED) is 0.875. The number of amides is 2. The molecule has 0 unspecified atom stereocenters. The van der Waals surface area contributed by atoms with E-state index < -0.39 is 5.82 Å². The van der Waals surface area contributed by atoms with E-state index in [1.807, 2.05) is 0 Å². The third-order valence-corrected chi connectivity index (χ3v) is 3.01. The van der Waals surface area contributed by atoms with E-state index in [0.717, 1.165) is 19.0 Å². The molecule has 18 heavy (non-hydrogen) atoms. The summed E-state index contributed by atoms with van der Waals surface area (Å²) in [6.45, 7) is 1.20. The van der Waals surface area contributed by atoms with Crippen molar-refractivity contribution >= 4 is 11.7 Å². The number of rotatable bonds is 2. The second kappa shape index (κ2) is 5.77. The third kappa shape index (κ3) is 2.95. The Kier molecular flexibility index (Phi) is 4.09. The molecule has 1 aromatic rings. The monoisotopic (exact) mass is 253 g/mol. The fraction of sp³-hybridized carbons (Fsp3) is 0.500. The van der Waals surface area contributed by atoms with Crippen LogP contribution in [0, 0.1) is 5.82 Å². The minimum Gasteiger partial charge on any atom is -0.380 e. The Morgan fingerprint density at radius 3 is 3.22 bits per heavy atom. The maximum absolute atomic E-state index is 13.3. The summed E-state index contributed by atoms with van der Waals surface area (Å²) in [6, 6.07) is 1.13. The first kappa shape index (κ1) is 12.8. The second-order valence-corrected chi connectivity index (χ2v) is 4.23. The number of piperidine rings is 1. The van der Waals surface area contributed by atoms with Crippen molar-refractivity contribution in [2.45, 2.75) is 18.9 Å². The molecule has 1 atom stereocenters. The minimum atomic E-state index is -0.536. The number of nitrogens with zero attached hydrogens (tertiary/aromatic N) is 2. The second-order valence-electron chi connectivity index (χ2n) is 4.23. The lowest BCUT2D eigenvalue weighted by molar-refractivity contribution is 0.0458. The van der Waals surface area contributed by atoms with E-state index in [0.29, 0.717) is 13.1 Å². The van der Waals surface area contributed by atoms with Gasteiger partial charge in [0.2, 0.25) is 0 Å². The van der Waals surface area contributed by atoms with E-state index in [4.69, 9.17) is 4.74 Å². The first-order chi connectivity index (χ1) is 8.70. The molecule has 2 rings (SSSR count). The molecule has 5 nitrogen and oxygen atoms in total. The Balaban J connectivity index is 1.97. The molecule has 0 aromatic carbocycles. The number of anilines is 1. The summed E-state index contributed by atoms with van der Waals surface area (Å²) in [4.78, 5) is 17.2. The van der Waals surface area contributed by atoms with Gasteiger partial charge in [0.15, 0.2) is 5.82 Å². The Bertz CT molecular complexity index is 428. The summed E-state index contributed by atoms with van der Waals surface area (Å²) < 4.78 is 18.6. The molecule has 2 heterocycles. The van der Waals surface area contributed by atoms with E-state index in [1.165, 1.54) is 12.3 Å². The van der Waals surface area contributed by atoms with Crippen molar-refractivity contribution < 1.29 is 13.9 Å². The number of likely N-dealkylation sites (tertiary alicyclic amines) is 1. The van der Waals surface area contributed by atoms with Crippen molar-refractivity contribution in [3.05, 3.63) is 24.3 Å². The number of ether oxygens (including phenoxy) is 1. The van der Waals surface area contributed by atoms with Gasteiger partial charge in [0.1, 0.15) is 0 Å². The van der Waals surface area contributed by atoms with Crippen LogP contribution in [0.15, 0.2) is 18.5 Å². The molecule has 1 N–H and O–H groups in total. The summed E-state index contributed by atoms with van der Waals surface area (Å²) in [5.41, 5.74) is 0.148. The van der Waals surface area contributed by atoms with E-state index >= 15 is 0 Å². The van der Waals surface area contributed by atoms with Gasteiger partial charge in [-0.1, -0.05) is 0 Å². The molecule has 0 saturated carbocycles. The smallest absolute Gasteiger partial charge is 0.322 e. The number of carbonyl (C=O) groups excluding carboxylic acids is 1. The molecular formula is C12H16FN3O2. The zero-order valence-electron chi connectivity index (χ0n) is 10.2. The van der Waals surface area contributed by atoms with Crippen LogP contribution in [0.25, 0.3) is 0 Å². The van der Waals surface area contributed by atoms with E-state index in [2.05, 4.69) is 10.3 Å². The molecule has 0 radical (unpaired) electrons. The van der Waals surface area contributed by atoms with Crippen LogP contribution >= 0.6 is 0 Å². The predicted molar refractivity (Wildman–Crippen MR) is 64.8 cm³/mol. The summed E-state index contributed by atoms with van der Waals surface area (Å²) >= 11 is 0. The molecule has 1 aliphatic rings. The third-order valence-electron chi connectivity index (χ3n) is 3.01. The number of hydrogen-bond acceptors (Lipinski definition) is 3. The highest BCUT2D eigenvalue weighted by molar-refractivity contribution is 5.89. The summed E-state index contributed by atoms with van der Waals surface area (Å²) in [7, 11) is 1.63. The summed E-state index contributed by atoms with van der Waals surface area (Å²) in [6.07, 6.45) is 4.41. The lowest BCUT2D eigenvalue weighted by atomic mass is 10.1.